The monoisotopic (exact) mass is 380 g/mol. The van der Waals surface area contributed by atoms with Gasteiger partial charge >= 0.3 is 0 Å². The Morgan fingerprint density at radius 2 is 1.81 bits per heavy atom. The van der Waals surface area contributed by atoms with Crippen molar-refractivity contribution in [2.75, 3.05) is 18.8 Å². The summed E-state index contributed by atoms with van der Waals surface area (Å²) >= 11 is 1.74. The maximum absolute atomic E-state index is 12.2. The summed E-state index contributed by atoms with van der Waals surface area (Å²) in [6.07, 6.45) is 1.65. The number of furan rings is 1. The third kappa shape index (κ3) is 6.01. The quantitative estimate of drug-likeness (QED) is 0.432. The average molecular weight is 381 g/mol. The predicted octanol–water partition coefficient (Wildman–Crippen LogP) is 4.18. The highest BCUT2D eigenvalue weighted by molar-refractivity contribution is 7.99. The number of hydrogen-bond acceptors (Lipinski definition) is 4. The Morgan fingerprint density at radius 1 is 1.04 bits per heavy atom. The molecule has 0 saturated heterocycles. The highest BCUT2D eigenvalue weighted by Crippen LogP contribution is 2.22. The van der Waals surface area contributed by atoms with E-state index in [9.17, 15) is 4.79 Å². The van der Waals surface area contributed by atoms with Crippen LogP contribution in [0.2, 0.25) is 0 Å². The van der Waals surface area contributed by atoms with Crippen molar-refractivity contribution in [2.45, 2.75) is 17.9 Å². The van der Waals surface area contributed by atoms with E-state index in [0.717, 1.165) is 17.1 Å². The van der Waals surface area contributed by atoms with E-state index >= 15 is 0 Å². The van der Waals surface area contributed by atoms with Crippen LogP contribution in [0.5, 0.6) is 0 Å². The fourth-order valence-electron chi connectivity index (χ4n) is 2.73. The van der Waals surface area contributed by atoms with Gasteiger partial charge in [0.25, 0.3) is 0 Å². The normalized spacial score (nSPS) is 11.9. The summed E-state index contributed by atoms with van der Waals surface area (Å²) in [6, 6.07) is 22.0. The first kappa shape index (κ1) is 19.3. The fraction of sp³-hybridized carbons (Fsp3) is 0.227. The van der Waals surface area contributed by atoms with Gasteiger partial charge in [-0.15, -0.1) is 11.8 Å². The van der Waals surface area contributed by atoms with Gasteiger partial charge in [-0.3, -0.25) is 10.1 Å². The average Bonchev–Trinajstić information content (AvgIpc) is 3.22. The van der Waals surface area contributed by atoms with Crippen LogP contribution in [0.25, 0.3) is 0 Å². The van der Waals surface area contributed by atoms with Crippen LogP contribution in [0.15, 0.2) is 82.3 Å². The minimum Gasteiger partial charge on any atom is -0.467 e. The Kier molecular flexibility index (Phi) is 7.13. The van der Waals surface area contributed by atoms with E-state index < -0.39 is 0 Å². The van der Waals surface area contributed by atoms with Gasteiger partial charge in [-0.25, -0.2) is 0 Å². The number of thioether (sulfide) groups is 1. The van der Waals surface area contributed by atoms with Gasteiger partial charge in [0.1, 0.15) is 5.76 Å². The fourth-order valence-corrected chi connectivity index (χ4v) is 3.50. The van der Waals surface area contributed by atoms with E-state index in [1.165, 1.54) is 10.5 Å². The molecule has 4 nitrogen and oxygen atoms in total. The second-order valence-electron chi connectivity index (χ2n) is 6.25. The Hall–Kier alpha value is -2.50. The Labute approximate surface area is 164 Å². The molecule has 0 spiro atoms. The molecule has 1 heterocycles. The van der Waals surface area contributed by atoms with E-state index in [2.05, 4.69) is 41.8 Å². The highest BCUT2D eigenvalue weighted by Gasteiger charge is 2.17. The topological polar surface area (TPSA) is 54.3 Å². The summed E-state index contributed by atoms with van der Waals surface area (Å²) in [5.74, 6) is 1.62. The van der Waals surface area contributed by atoms with Gasteiger partial charge < -0.3 is 9.73 Å². The number of hydrogen-bond donors (Lipinski definition) is 2. The maximum atomic E-state index is 12.2. The largest absolute Gasteiger partial charge is 0.467 e. The van der Waals surface area contributed by atoms with Gasteiger partial charge in [-0.1, -0.05) is 48.0 Å². The lowest BCUT2D eigenvalue weighted by atomic mass is 10.0. The molecule has 3 aromatic rings. The molecule has 0 aliphatic carbocycles. The zero-order valence-electron chi connectivity index (χ0n) is 15.4. The van der Waals surface area contributed by atoms with Crippen LogP contribution >= 0.6 is 11.8 Å². The SMILES string of the molecule is Cc1ccc(SCCNC(=O)CN[C@@H](c2ccccc2)c2ccco2)cc1. The van der Waals surface area contributed by atoms with Crippen LogP contribution < -0.4 is 10.6 Å². The van der Waals surface area contributed by atoms with Gasteiger partial charge in [0, 0.05) is 17.2 Å². The molecule has 0 radical (unpaired) electrons. The number of amides is 1. The second-order valence-corrected chi connectivity index (χ2v) is 7.42. The summed E-state index contributed by atoms with van der Waals surface area (Å²) in [6.45, 7) is 2.94. The van der Waals surface area contributed by atoms with E-state index in [4.69, 9.17) is 4.42 Å². The number of rotatable bonds is 9. The van der Waals surface area contributed by atoms with Crippen molar-refractivity contribution in [3.05, 3.63) is 89.9 Å². The minimum atomic E-state index is -0.145. The van der Waals surface area contributed by atoms with Crippen LogP contribution in [0.4, 0.5) is 0 Å². The van der Waals surface area contributed by atoms with Crippen LogP contribution in [-0.4, -0.2) is 24.7 Å². The molecule has 3 rings (SSSR count). The third-order valence-corrected chi connectivity index (χ3v) is 5.16. The van der Waals surface area contributed by atoms with E-state index in [0.29, 0.717) is 6.54 Å². The van der Waals surface area contributed by atoms with Crippen molar-refractivity contribution in [3.63, 3.8) is 0 Å². The maximum Gasteiger partial charge on any atom is 0.234 e. The number of benzene rings is 2. The Morgan fingerprint density at radius 3 is 2.52 bits per heavy atom. The van der Waals surface area contributed by atoms with E-state index in [-0.39, 0.29) is 18.5 Å². The van der Waals surface area contributed by atoms with Gasteiger partial charge in [0.15, 0.2) is 0 Å². The van der Waals surface area contributed by atoms with Crippen molar-refractivity contribution >= 4 is 17.7 Å². The molecule has 0 saturated carbocycles. The molecule has 1 aromatic heterocycles. The van der Waals surface area contributed by atoms with Gasteiger partial charge in [0.2, 0.25) is 5.91 Å². The lowest BCUT2D eigenvalue weighted by molar-refractivity contribution is -0.120. The molecule has 0 aliphatic heterocycles. The van der Waals surface area contributed by atoms with Crippen molar-refractivity contribution < 1.29 is 9.21 Å². The molecule has 0 aliphatic rings. The van der Waals surface area contributed by atoms with Crippen molar-refractivity contribution in [2.24, 2.45) is 0 Å². The molecule has 0 unspecified atom stereocenters. The van der Waals surface area contributed by atoms with Crippen LogP contribution in [0.3, 0.4) is 0 Å². The van der Waals surface area contributed by atoms with Crippen LogP contribution in [-0.2, 0) is 4.79 Å². The molecule has 140 valence electrons. The second kappa shape index (κ2) is 10.00. The minimum absolute atomic E-state index is 0.0213. The lowest BCUT2D eigenvalue weighted by Gasteiger charge is -2.17. The van der Waals surface area contributed by atoms with Gasteiger partial charge in [-0.05, 0) is 36.8 Å². The Balaban J connectivity index is 1.44. The van der Waals surface area contributed by atoms with Gasteiger partial charge in [0.05, 0.1) is 18.8 Å². The van der Waals surface area contributed by atoms with Crippen molar-refractivity contribution in [1.82, 2.24) is 10.6 Å². The number of nitrogens with one attached hydrogen (secondary N) is 2. The standard InChI is InChI=1S/C22H24N2O2S/c1-17-9-11-19(12-10-17)27-15-13-23-21(25)16-24-22(20-8-5-14-26-20)18-6-3-2-4-7-18/h2-12,14,22,24H,13,15-16H2,1H3,(H,23,25)/t22-/m0/s1. The lowest BCUT2D eigenvalue weighted by Crippen LogP contribution is -2.37. The molecule has 5 heteroatoms. The molecule has 1 atom stereocenters. The zero-order valence-corrected chi connectivity index (χ0v) is 16.2. The number of carbonyl (C=O) groups excluding carboxylic acids is 1. The Bertz CT molecular complexity index is 817. The predicted molar refractivity (Wildman–Crippen MR) is 110 cm³/mol. The first-order valence-electron chi connectivity index (χ1n) is 9.00. The summed E-state index contributed by atoms with van der Waals surface area (Å²) in [7, 11) is 0. The van der Waals surface area contributed by atoms with Crippen molar-refractivity contribution in [1.29, 1.82) is 0 Å². The molecule has 0 bridgehead atoms. The molecule has 1 amide bonds. The van der Waals surface area contributed by atoms with E-state index in [1.54, 1.807) is 18.0 Å². The van der Waals surface area contributed by atoms with Crippen LogP contribution in [0, 0.1) is 6.92 Å². The highest BCUT2D eigenvalue weighted by atomic mass is 32.2. The third-order valence-electron chi connectivity index (χ3n) is 4.14. The summed E-state index contributed by atoms with van der Waals surface area (Å²) in [5.41, 5.74) is 2.32. The summed E-state index contributed by atoms with van der Waals surface area (Å²) < 4.78 is 5.54. The first-order chi connectivity index (χ1) is 13.2. The van der Waals surface area contributed by atoms with Crippen molar-refractivity contribution in [3.8, 4) is 0 Å². The molecule has 27 heavy (non-hydrogen) atoms. The molecule has 2 N–H and O–H groups in total. The number of carbonyl (C=O) groups is 1. The smallest absolute Gasteiger partial charge is 0.234 e. The van der Waals surface area contributed by atoms with E-state index in [1.807, 2.05) is 42.5 Å². The number of aryl methyl sites for hydroxylation is 1. The summed E-state index contributed by atoms with van der Waals surface area (Å²) in [4.78, 5) is 13.4. The molecular weight excluding hydrogens is 356 g/mol. The molecular formula is C22H24N2O2S. The molecule has 0 fully saturated rings. The zero-order chi connectivity index (χ0) is 18.9. The molecule has 2 aromatic carbocycles. The van der Waals surface area contributed by atoms with Crippen LogP contribution in [0.1, 0.15) is 22.9 Å². The first-order valence-corrected chi connectivity index (χ1v) is 9.99. The van der Waals surface area contributed by atoms with Gasteiger partial charge in [-0.2, -0.15) is 0 Å². The summed E-state index contributed by atoms with van der Waals surface area (Å²) in [5, 5.41) is 6.25.